The molecule has 1 aliphatic carbocycles. The van der Waals surface area contributed by atoms with E-state index in [0.717, 1.165) is 25.7 Å². The van der Waals surface area contributed by atoms with Crippen LogP contribution in [-0.4, -0.2) is 55.4 Å². The Hall–Kier alpha value is -2.61. The Bertz CT molecular complexity index is 720. The van der Waals surface area contributed by atoms with Gasteiger partial charge in [-0.3, -0.25) is 14.4 Å². The van der Waals surface area contributed by atoms with Crippen molar-refractivity contribution in [3.8, 4) is 5.75 Å². The van der Waals surface area contributed by atoms with Gasteiger partial charge in [0.05, 0.1) is 5.92 Å². The molecule has 0 aromatic heterocycles. The SMILES string of the molecule is NCCNC(=O)C1CCCN(C(=O)COc2cccc(NC(=O)C3CC3)c2)C1. The highest BCUT2D eigenvalue weighted by Crippen LogP contribution is 2.30. The van der Waals surface area contributed by atoms with Crippen molar-refractivity contribution in [3.63, 3.8) is 0 Å². The van der Waals surface area contributed by atoms with Crippen molar-refractivity contribution >= 4 is 23.4 Å². The number of anilines is 1. The molecule has 2 aliphatic rings. The number of piperidine rings is 1. The van der Waals surface area contributed by atoms with Crippen LogP contribution >= 0.6 is 0 Å². The number of ether oxygens (including phenoxy) is 1. The molecule has 1 saturated carbocycles. The Morgan fingerprint density at radius 2 is 1.96 bits per heavy atom. The van der Waals surface area contributed by atoms with Crippen LogP contribution in [0, 0.1) is 11.8 Å². The molecule has 2 fully saturated rings. The van der Waals surface area contributed by atoms with Crippen molar-refractivity contribution in [2.45, 2.75) is 25.7 Å². The molecule has 1 heterocycles. The van der Waals surface area contributed by atoms with E-state index in [-0.39, 0.29) is 36.2 Å². The van der Waals surface area contributed by atoms with Gasteiger partial charge in [0.1, 0.15) is 5.75 Å². The van der Waals surface area contributed by atoms with E-state index in [1.54, 1.807) is 29.2 Å². The summed E-state index contributed by atoms with van der Waals surface area (Å²) in [6.45, 7) is 1.77. The second kappa shape index (κ2) is 9.54. The lowest BCUT2D eigenvalue weighted by Crippen LogP contribution is -2.47. The van der Waals surface area contributed by atoms with E-state index < -0.39 is 0 Å². The van der Waals surface area contributed by atoms with Crippen LogP contribution in [0.1, 0.15) is 25.7 Å². The van der Waals surface area contributed by atoms with E-state index in [1.807, 2.05) is 0 Å². The number of nitrogens with zero attached hydrogens (tertiary/aromatic N) is 1. The molecule has 28 heavy (non-hydrogen) atoms. The van der Waals surface area contributed by atoms with Crippen molar-refractivity contribution in [2.75, 3.05) is 38.1 Å². The quantitative estimate of drug-likeness (QED) is 0.607. The molecule has 1 aromatic rings. The maximum absolute atomic E-state index is 12.5. The summed E-state index contributed by atoms with van der Waals surface area (Å²) in [5.74, 6) is 0.272. The van der Waals surface area contributed by atoms with E-state index in [1.165, 1.54) is 0 Å². The van der Waals surface area contributed by atoms with Gasteiger partial charge in [-0.1, -0.05) is 6.07 Å². The van der Waals surface area contributed by atoms with Crippen LogP contribution in [0.15, 0.2) is 24.3 Å². The predicted molar refractivity (Wildman–Crippen MR) is 105 cm³/mol. The first kappa shape index (κ1) is 20.1. The summed E-state index contributed by atoms with van der Waals surface area (Å²) in [5.41, 5.74) is 6.08. The molecule has 0 spiro atoms. The van der Waals surface area contributed by atoms with Crippen LogP contribution in [-0.2, 0) is 14.4 Å². The molecular formula is C20H28N4O4. The van der Waals surface area contributed by atoms with Gasteiger partial charge in [0.25, 0.3) is 5.91 Å². The third kappa shape index (κ3) is 5.69. The number of nitrogens with one attached hydrogen (secondary N) is 2. The van der Waals surface area contributed by atoms with Crippen LogP contribution in [0.3, 0.4) is 0 Å². The second-order valence-electron chi connectivity index (χ2n) is 7.34. The molecule has 3 rings (SSSR count). The van der Waals surface area contributed by atoms with Crippen LogP contribution in [0.4, 0.5) is 5.69 Å². The Kier molecular flexibility index (Phi) is 6.86. The van der Waals surface area contributed by atoms with Gasteiger partial charge < -0.3 is 26.0 Å². The zero-order chi connectivity index (χ0) is 19.9. The molecule has 152 valence electrons. The maximum Gasteiger partial charge on any atom is 0.260 e. The first-order valence-electron chi connectivity index (χ1n) is 9.86. The number of hydrogen-bond donors (Lipinski definition) is 3. The molecule has 1 atom stereocenters. The van der Waals surface area contributed by atoms with Gasteiger partial charge in [0, 0.05) is 43.9 Å². The predicted octanol–water partition coefficient (Wildman–Crippen LogP) is 0.727. The van der Waals surface area contributed by atoms with Gasteiger partial charge in [-0.15, -0.1) is 0 Å². The molecule has 8 nitrogen and oxygen atoms in total. The van der Waals surface area contributed by atoms with Gasteiger partial charge in [-0.2, -0.15) is 0 Å². The number of nitrogens with two attached hydrogens (primary N) is 1. The number of carbonyl (C=O) groups excluding carboxylic acids is 3. The minimum absolute atomic E-state index is 0.0282. The minimum Gasteiger partial charge on any atom is -0.484 e. The molecule has 3 amide bonds. The summed E-state index contributed by atoms with van der Waals surface area (Å²) in [6, 6.07) is 7.04. The van der Waals surface area contributed by atoms with Crippen LogP contribution in [0.5, 0.6) is 5.75 Å². The summed E-state index contributed by atoms with van der Waals surface area (Å²) < 4.78 is 5.62. The number of amides is 3. The third-order valence-corrected chi connectivity index (χ3v) is 5.00. The van der Waals surface area contributed by atoms with Crippen LogP contribution in [0.25, 0.3) is 0 Å². The van der Waals surface area contributed by atoms with E-state index in [2.05, 4.69) is 10.6 Å². The zero-order valence-electron chi connectivity index (χ0n) is 16.0. The Labute approximate surface area is 164 Å². The molecule has 0 radical (unpaired) electrons. The number of carbonyl (C=O) groups is 3. The summed E-state index contributed by atoms with van der Waals surface area (Å²) in [7, 11) is 0. The fraction of sp³-hybridized carbons (Fsp3) is 0.550. The maximum atomic E-state index is 12.5. The fourth-order valence-electron chi connectivity index (χ4n) is 3.25. The molecule has 8 heteroatoms. The van der Waals surface area contributed by atoms with Crippen molar-refractivity contribution < 1.29 is 19.1 Å². The molecule has 1 unspecified atom stereocenters. The Morgan fingerprint density at radius 1 is 1.14 bits per heavy atom. The largest absolute Gasteiger partial charge is 0.484 e. The molecule has 0 bridgehead atoms. The molecule has 1 aliphatic heterocycles. The Balaban J connectivity index is 1.48. The highest BCUT2D eigenvalue weighted by atomic mass is 16.5. The van der Waals surface area contributed by atoms with Gasteiger partial charge in [0.2, 0.25) is 11.8 Å². The van der Waals surface area contributed by atoms with Gasteiger partial charge in [-0.25, -0.2) is 0 Å². The molecule has 1 saturated heterocycles. The lowest BCUT2D eigenvalue weighted by Gasteiger charge is -2.32. The smallest absolute Gasteiger partial charge is 0.260 e. The second-order valence-corrected chi connectivity index (χ2v) is 7.34. The van der Waals surface area contributed by atoms with Gasteiger partial charge in [-0.05, 0) is 37.8 Å². The highest BCUT2D eigenvalue weighted by Gasteiger charge is 2.30. The summed E-state index contributed by atoms with van der Waals surface area (Å²) >= 11 is 0. The number of benzene rings is 1. The minimum atomic E-state index is -0.204. The average Bonchev–Trinajstić information content (AvgIpc) is 3.56. The third-order valence-electron chi connectivity index (χ3n) is 5.00. The number of rotatable bonds is 8. The molecule has 1 aromatic carbocycles. The summed E-state index contributed by atoms with van der Waals surface area (Å²) in [5, 5.41) is 5.65. The monoisotopic (exact) mass is 388 g/mol. The molecular weight excluding hydrogens is 360 g/mol. The number of hydrogen-bond acceptors (Lipinski definition) is 5. The van der Waals surface area contributed by atoms with Crippen molar-refractivity contribution in [3.05, 3.63) is 24.3 Å². The summed E-state index contributed by atoms with van der Waals surface area (Å²) in [4.78, 5) is 38.1. The lowest BCUT2D eigenvalue weighted by molar-refractivity contribution is -0.137. The van der Waals surface area contributed by atoms with E-state index in [9.17, 15) is 14.4 Å². The first-order valence-corrected chi connectivity index (χ1v) is 9.86. The standard InChI is InChI=1S/C20H28N4O4/c21-8-9-22-19(26)15-3-2-10-24(12-15)18(25)13-28-17-5-1-4-16(11-17)23-20(27)14-6-7-14/h1,4-5,11,14-15H,2-3,6-10,12-13,21H2,(H,22,26)(H,23,27). The van der Waals surface area contributed by atoms with E-state index in [0.29, 0.717) is 37.6 Å². The van der Waals surface area contributed by atoms with Crippen molar-refractivity contribution in [2.24, 2.45) is 17.6 Å². The van der Waals surface area contributed by atoms with Crippen molar-refractivity contribution in [1.82, 2.24) is 10.2 Å². The lowest BCUT2D eigenvalue weighted by atomic mass is 9.97. The summed E-state index contributed by atoms with van der Waals surface area (Å²) in [6.07, 6.45) is 3.44. The van der Waals surface area contributed by atoms with Crippen LogP contribution in [0.2, 0.25) is 0 Å². The van der Waals surface area contributed by atoms with Gasteiger partial charge >= 0.3 is 0 Å². The van der Waals surface area contributed by atoms with Crippen LogP contribution < -0.4 is 21.1 Å². The highest BCUT2D eigenvalue weighted by molar-refractivity contribution is 5.94. The zero-order valence-corrected chi connectivity index (χ0v) is 16.0. The van der Waals surface area contributed by atoms with Gasteiger partial charge in [0.15, 0.2) is 6.61 Å². The average molecular weight is 388 g/mol. The van der Waals surface area contributed by atoms with E-state index >= 15 is 0 Å². The van der Waals surface area contributed by atoms with Crippen molar-refractivity contribution in [1.29, 1.82) is 0 Å². The normalized spacial score (nSPS) is 19.0. The van der Waals surface area contributed by atoms with E-state index in [4.69, 9.17) is 10.5 Å². The Morgan fingerprint density at radius 3 is 2.71 bits per heavy atom. The number of likely N-dealkylation sites (tertiary alicyclic amines) is 1. The molecule has 4 N–H and O–H groups in total. The first-order chi connectivity index (χ1) is 13.6. The fourth-order valence-corrected chi connectivity index (χ4v) is 3.25. The topological polar surface area (TPSA) is 114 Å².